The van der Waals surface area contributed by atoms with Crippen molar-refractivity contribution in [2.75, 3.05) is 20.3 Å². The zero-order chi connectivity index (χ0) is 12.0. The van der Waals surface area contributed by atoms with Crippen LogP contribution in [0.3, 0.4) is 0 Å². The van der Waals surface area contributed by atoms with Crippen LogP contribution in [0.1, 0.15) is 5.56 Å². The fourth-order valence-electron chi connectivity index (χ4n) is 1.31. The largest absolute Gasteiger partial charge is 0.389 e. The van der Waals surface area contributed by atoms with Crippen molar-refractivity contribution in [3.05, 3.63) is 35.4 Å². The van der Waals surface area contributed by atoms with Gasteiger partial charge in [0.2, 0.25) is 0 Å². The molecule has 1 rings (SSSR count). The molecule has 0 saturated heterocycles. The van der Waals surface area contributed by atoms with Crippen LogP contribution in [0.25, 0.3) is 0 Å². The van der Waals surface area contributed by atoms with Gasteiger partial charge < -0.3 is 15.2 Å². The zero-order valence-corrected chi connectivity index (χ0v) is 9.04. The molecule has 1 aromatic rings. The first-order valence-electron chi connectivity index (χ1n) is 4.95. The maximum atomic E-state index is 13.2. The molecule has 1 aromatic carbocycles. The Morgan fingerprint density at radius 3 is 2.88 bits per heavy atom. The van der Waals surface area contributed by atoms with Gasteiger partial charge in [0.25, 0.3) is 0 Å². The Morgan fingerprint density at radius 2 is 2.19 bits per heavy atom. The van der Waals surface area contributed by atoms with Crippen molar-refractivity contribution in [3.8, 4) is 0 Å². The maximum Gasteiger partial charge on any atom is 0.163 e. The molecule has 5 heteroatoms. The third kappa shape index (κ3) is 3.84. The molecule has 3 nitrogen and oxygen atoms in total. The molecule has 0 fully saturated rings. The van der Waals surface area contributed by atoms with Gasteiger partial charge in [-0.2, -0.15) is 0 Å². The lowest BCUT2D eigenvalue weighted by atomic mass is 10.2. The molecule has 0 amide bonds. The minimum absolute atomic E-state index is 0.171. The van der Waals surface area contributed by atoms with Gasteiger partial charge in [0.1, 0.15) is 0 Å². The van der Waals surface area contributed by atoms with E-state index in [1.54, 1.807) is 0 Å². The van der Waals surface area contributed by atoms with Gasteiger partial charge in [-0.3, -0.25) is 0 Å². The zero-order valence-electron chi connectivity index (χ0n) is 9.04. The summed E-state index contributed by atoms with van der Waals surface area (Å²) >= 11 is 0. The van der Waals surface area contributed by atoms with Crippen molar-refractivity contribution >= 4 is 0 Å². The van der Waals surface area contributed by atoms with E-state index in [4.69, 9.17) is 4.74 Å². The van der Waals surface area contributed by atoms with E-state index in [0.717, 1.165) is 6.07 Å². The van der Waals surface area contributed by atoms with Crippen LogP contribution in [-0.2, 0) is 11.3 Å². The van der Waals surface area contributed by atoms with E-state index in [2.05, 4.69) is 5.32 Å². The number of aliphatic hydroxyl groups excluding tert-OH is 1. The van der Waals surface area contributed by atoms with Crippen LogP contribution >= 0.6 is 0 Å². The number of nitrogens with one attached hydrogen (secondary N) is 1. The monoisotopic (exact) mass is 231 g/mol. The van der Waals surface area contributed by atoms with E-state index in [1.165, 1.54) is 19.2 Å². The topological polar surface area (TPSA) is 41.5 Å². The molecule has 0 aromatic heterocycles. The Bertz CT molecular complexity index is 334. The van der Waals surface area contributed by atoms with Crippen LogP contribution in [0.5, 0.6) is 0 Å². The lowest BCUT2D eigenvalue weighted by Crippen LogP contribution is -2.29. The molecule has 0 spiro atoms. The summed E-state index contributed by atoms with van der Waals surface area (Å²) in [6.45, 7) is 0.646. The summed E-state index contributed by atoms with van der Waals surface area (Å²) < 4.78 is 30.7. The molecule has 16 heavy (non-hydrogen) atoms. The number of hydrogen-bond acceptors (Lipinski definition) is 3. The van der Waals surface area contributed by atoms with Gasteiger partial charge in [-0.25, -0.2) is 8.78 Å². The van der Waals surface area contributed by atoms with E-state index in [0.29, 0.717) is 0 Å². The first-order chi connectivity index (χ1) is 7.65. The second-order valence-corrected chi connectivity index (χ2v) is 3.45. The summed E-state index contributed by atoms with van der Waals surface area (Å²) in [6, 6.07) is 4.01. The highest BCUT2D eigenvalue weighted by atomic mass is 19.2. The van der Waals surface area contributed by atoms with Crippen molar-refractivity contribution in [1.82, 2.24) is 5.32 Å². The number of halogens is 2. The van der Waals surface area contributed by atoms with Crippen molar-refractivity contribution in [3.63, 3.8) is 0 Å². The number of rotatable bonds is 6. The third-order valence-electron chi connectivity index (χ3n) is 2.09. The normalized spacial score (nSPS) is 12.8. The van der Waals surface area contributed by atoms with Gasteiger partial charge in [0, 0.05) is 25.8 Å². The van der Waals surface area contributed by atoms with E-state index in [9.17, 15) is 13.9 Å². The van der Waals surface area contributed by atoms with Crippen molar-refractivity contribution in [1.29, 1.82) is 0 Å². The minimum atomic E-state index is -0.864. The smallest absolute Gasteiger partial charge is 0.163 e. The van der Waals surface area contributed by atoms with Crippen molar-refractivity contribution in [2.24, 2.45) is 0 Å². The number of hydrogen-bond donors (Lipinski definition) is 2. The SMILES string of the molecule is COCC(O)CNCc1cccc(F)c1F. The molecular weight excluding hydrogens is 216 g/mol. The second-order valence-electron chi connectivity index (χ2n) is 3.45. The highest BCUT2D eigenvalue weighted by molar-refractivity contribution is 5.18. The number of methoxy groups -OCH3 is 1. The fourth-order valence-corrected chi connectivity index (χ4v) is 1.31. The fraction of sp³-hybridized carbons (Fsp3) is 0.455. The summed E-state index contributed by atoms with van der Waals surface area (Å²) in [7, 11) is 1.48. The lowest BCUT2D eigenvalue weighted by Gasteiger charge is -2.11. The molecule has 0 radical (unpaired) electrons. The van der Waals surface area contributed by atoms with Crippen LogP contribution in [0.15, 0.2) is 18.2 Å². The Hall–Kier alpha value is -1.04. The van der Waals surface area contributed by atoms with Gasteiger partial charge in [-0.1, -0.05) is 12.1 Å². The summed E-state index contributed by atoms with van der Waals surface area (Å²) in [5, 5.41) is 12.1. The number of benzene rings is 1. The predicted molar refractivity (Wildman–Crippen MR) is 55.9 cm³/mol. The highest BCUT2D eigenvalue weighted by Crippen LogP contribution is 2.10. The van der Waals surface area contributed by atoms with Gasteiger partial charge in [-0.05, 0) is 6.07 Å². The molecule has 1 unspecified atom stereocenters. The number of ether oxygens (including phenoxy) is 1. The Kier molecular flexibility index (Phi) is 5.31. The number of aliphatic hydroxyl groups is 1. The summed E-state index contributed by atoms with van der Waals surface area (Å²) in [6.07, 6.45) is -0.651. The van der Waals surface area contributed by atoms with Crippen molar-refractivity contribution in [2.45, 2.75) is 12.6 Å². The molecule has 0 bridgehead atoms. The summed E-state index contributed by atoms with van der Waals surface area (Å²) in [5.41, 5.74) is 0.240. The highest BCUT2D eigenvalue weighted by Gasteiger charge is 2.08. The Morgan fingerprint density at radius 1 is 1.44 bits per heavy atom. The molecule has 0 aliphatic carbocycles. The van der Waals surface area contributed by atoms with Crippen molar-refractivity contribution < 1.29 is 18.6 Å². The van der Waals surface area contributed by atoms with Gasteiger partial charge in [0.05, 0.1) is 12.7 Å². The molecular formula is C11H15F2NO2. The first-order valence-corrected chi connectivity index (χ1v) is 4.95. The second kappa shape index (κ2) is 6.52. The van der Waals surface area contributed by atoms with Crippen LogP contribution in [0.2, 0.25) is 0 Å². The van der Waals surface area contributed by atoms with Crippen LogP contribution in [0, 0.1) is 11.6 Å². The molecule has 2 N–H and O–H groups in total. The first kappa shape index (κ1) is 13.0. The summed E-state index contributed by atoms with van der Waals surface area (Å²) in [5.74, 6) is -1.71. The van der Waals surface area contributed by atoms with Crippen LogP contribution < -0.4 is 5.32 Å². The maximum absolute atomic E-state index is 13.2. The molecule has 0 saturated carbocycles. The molecule has 1 atom stereocenters. The Labute approximate surface area is 93.0 Å². The van der Waals surface area contributed by atoms with Gasteiger partial charge in [-0.15, -0.1) is 0 Å². The minimum Gasteiger partial charge on any atom is -0.389 e. The molecule has 90 valence electrons. The average Bonchev–Trinajstić information content (AvgIpc) is 2.25. The molecule has 0 aliphatic rings. The van der Waals surface area contributed by atoms with Gasteiger partial charge >= 0.3 is 0 Å². The molecule has 0 heterocycles. The van der Waals surface area contributed by atoms with E-state index < -0.39 is 17.7 Å². The third-order valence-corrected chi connectivity index (χ3v) is 2.09. The predicted octanol–water partition coefficient (Wildman–Crippen LogP) is 1.06. The standard InChI is InChI=1S/C11H15F2NO2/c1-16-7-9(15)6-14-5-8-3-2-4-10(12)11(8)13/h2-4,9,14-15H,5-7H2,1H3. The van der Waals surface area contributed by atoms with Crippen LogP contribution in [0.4, 0.5) is 8.78 Å². The van der Waals surface area contributed by atoms with E-state index >= 15 is 0 Å². The molecule has 0 aliphatic heterocycles. The Balaban J connectivity index is 2.40. The lowest BCUT2D eigenvalue weighted by molar-refractivity contribution is 0.0643. The quantitative estimate of drug-likeness (QED) is 0.769. The van der Waals surface area contributed by atoms with Gasteiger partial charge in [0.15, 0.2) is 11.6 Å². The average molecular weight is 231 g/mol. The summed E-state index contributed by atoms with van der Waals surface area (Å²) in [4.78, 5) is 0. The van der Waals surface area contributed by atoms with E-state index in [-0.39, 0.29) is 25.3 Å². The van der Waals surface area contributed by atoms with E-state index in [1.807, 2.05) is 0 Å². The van der Waals surface area contributed by atoms with Crippen LogP contribution in [-0.4, -0.2) is 31.5 Å².